The summed E-state index contributed by atoms with van der Waals surface area (Å²) < 4.78 is 26.6. The highest BCUT2D eigenvalue weighted by Gasteiger charge is 2.17. The second-order valence-electron chi connectivity index (χ2n) is 10.3. The van der Waals surface area contributed by atoms with Crippen molar-refractivity contribution >= 4 is 24.8 Å². The molecule has 2 N–H and O–H groups in total. The number of ether oxygens (including phenoxy) is 2. The average Bonchev–Trinajstić information content (AvgIpc) is 3.31. The van der Waals surface area contributed by atoms with Crippen LogP contribution in [0.3, 0.4) is 0 Å². The van der Waals surface area contributed by atoms with E-state index in [1.165, 1.54) is 89.8 Å². The summed E-state index contributed by atoms with van der Waals surface area (Å²) in [6.45, 7) is 7.51. The molecule has 3 atom stereocenters. The van der Waals surface area contributed by atoms with Gasteiger partial charge in [-0.25, -0.2) is 15.0 Å². The van der Waals surface area contributed by atoms with Gasteiger partial charge in [0.25, 0.3) is 0 Å². The van der Waals surface area contributed by atoms with Gasteiger partial charge in [0.15, 0.2) is 11.5 Å². The molecule has 0 aliphatic heterocycles. The number of hydrogen-bond donors (Lipinski definition) is 1. The Morgan fingerprint density at radius 3 is 2.05 bits per heavy atom. The zero-order valence-electron chi connectivity index (χ0n) is 23.6. The van der Waals surface area contributed by atoms with Gasteiger partial charge in [-0.2, -0.15) is 0 Å². The van der Waals surface area contributed by atoms with Gasteiger partial charge >= 0.3 is 0 Å². The number of nitrogens with zero attached hydrogens (tertiary/aromatic N) is 4. The molecule has 9 heteroatoms. The van der Waals surface area contributed by atoms with Crippen LogP contribution in [-0.4, -0.2) is 44.4 Å². The molecule has 0 saturated heterocycles. The Morgan fingerprint density at radius 2 is 1.46 bits per heavy atom. The van der Waals surface area contributed by atoms with Crippen molar-refractivity contribution in [2.75, 3.05) is 18.7 Å². The first-order valence-corrected chi connectivity index (χ1v) is 16.4. The van der Waals surface area contributed by atoms with Gasteiger partial charge in [0, 0.05) is 6.61 Å². The third kappa shape index (κ3) is 12.7. The molecule has 3 unspecified atom stereocenters. The number of hydrogen-bond acceptors (Lipinski definition) is 7. The molecule has 0 radical (unpaired) electrons. The zero-order valence-corrected chi connectivity index (χ0v) is 24.6. The van der Waals surface area contributed by atoms with E-state index in [1.54, 1.807) is 6.33 Å². The quantitative estimate of drug-likeness (QED) is 0.115. The molecule has 37 heavy (non-hydrogen) atoms. The highest BCUT2D eigenvalue weighted by Crippen LogP contribution is 2.32. The summed E-state index contributed by atoms with van der Waals surface area (Å²) in [7, 11) is -1.98. The van der Waals surface area contributed by atoms with Crippen molar-refractivity contribution in [2.45, 2.75) is 136 Å². The van der Waals surface area contributed by atoms with Crippen LogP contribution in [0.5, 0.6) is 0 Å². The lowest BCUT2D eigenvalue weighted by molar-refractivity contribution is 0.0738. The fraction of sp³-hybridized carbons (Fsp3) is 0.821. The number of imidazole rings is 1. The zero-order chi connectivity index (χ0) is 26.7. The Bertz CT molecular complexity index is 879. The topological polar surface area (TPSA) is 105 Å². The second-order valence-corrected chi connectivity index (χ2v) is 12.1. The predicted molar refractivity (Wildman–Crippen MR) is 154 cm³/mol. The molecule has 0 aliphatic rings. The maximum atomic E-state index is 12.8. The maximum Gasteiger partial charge on any atom is 0.165 e. The SMILES string of the molecule is CCCCCCCCCCCCCCCCOC(CC)[PH](=O)COC(C)Cn1cnc2c(N)ncnc21. The molecule has 0 aliphatic carbocycles. The van der Waals surface area contributed by atoms with Gasteiger partial charge in [0.05, 0.1) is 25.3 Å². The van der Waals surface area contributed by atoms with Gasteiger partial charge in [-0.3, -0.25) is 0 Å². The fourth-order valence-corrected chi connectivity index (χ4v) is 6.03. The number of nitrogen functional groups attached to an aromatic ring is 1. The van der Waals surface area contributed by atoms with Crippen molar-refractivity contribution in [3.8, 4) is 0 Å². The van der Waals surface area contributed by atoms with E-state index in [0.29, 0.717) is 30.1 Å². The third-order valence-electron chi connectivity index (χ3n) is 6.94. The molecule has 0 bridgehead atoms. The molecule has 0 spiro atoms. The summed E-state index contributed by atoms with van der Waals surface area (Å²) in [4.78, 5) is 12.5. The van der Waals surface area contributed by atoms with E-state index in [1.807, 2.05) is 18.4 Å². The van der Waals surface area contributed by atoms with Crippen LogP contribution in [0, 0.1) is 0 Å². The summed E-state index contributed by atoms with van der Waals surface area (Å²) in [5.41, 5.74) is 7.12. The Morgan fingerprint density at radius 1 is 0.865 bits per heavy atom. The van der Waals surface area contributed by atoms with Crippen molar-refractivity contribution in [2.24, 2.45) is 0 Å². The van der Waals surface area contributed by atoms with Gasteiger partial charge in [-0.05, 0) is 19.8 Å². The number of aromatic nitrogens is 4. The third-order valence-corrected chi connectivity index (χ3v) is 8.68. The van der Waals surface area contributed by atoms with Gasteiger partial charge < -0.3 is 24.3 Å². The molecule has 2 aromatic rings. The average molecular weight is 538 g/mol. The molecule has 2 heterocycles. The van der Waals surface area contributed by atoms with Crippen LogP contribution in [0.25, 0.3) is 11.2 Å². The van der Waals surface area contributed by atoms with Crippen LogP contribution in [0.1, 0.15) is 117 Å². The standard InChI is InChI=1S/C28H52N5O3P/c1-4-6-7-8-9-10-11-12-13-14-15-16-17-18-19-35-25(5-2)37(34)23-36-24(3)20-33-22-32-26-27(29)30-21-31-28(26)33/h21-22,24-25,37H,4-20,23H2,1-3H3,(H2,29,30,31). The van der Waals surface area contributed by atoms with Crippen molar-refractivity contribution in [1.29, 1.82) is 0 Å². The monoisotopic (exact) mass is 537 g/mol. The summed E-state index contributed by atoms with van der Waals surface area (Å²) in [6.07, 6.45) is 22.7. The number of fused-ring (bicyclic) bond motifs is 1. The number of rotatable bonds is 23. The van der Waals surface area contributed by atoms with Crippen LogP contribution in [0.2, 0.25) is 0 Å². The molecule has 212 valence electrons. The molecule has 2 aromatic heterocycles. The van der Waals surface area contributed by atoms with Crippen LogP contribution in [0.4, 0.5) is 5.82 Å². The Hall–Kier alpha value is -1.50. The van der Waals surface area contributed by atoms with Crippen molar-refractivity contribution in [3.63, 3.8) is 0 Å². The maximum absolute atomic E-state index is 12.8. The van der Waals surface area contributed by atoms with E-state index < -0.39 is 7.80 Å². The first-order valence-electron chi connectivity index (χ1n) is 14.7. The smallest absolute Gasteiger partial charge is 0.165 e. The highest BCUT2D eigenvalue weighted by atomic mass is 31.1. The minimum absolute atomic E-state index is 0.133. The van der Waals surface area contributed by atoms with Crippen molar-refractivity contribution < 1.29 is 14.0 Å². The van der Waals surface area contributed by atoms with E-state index in [4.69, 9.17) is 15.2 Å². The number of unbranched alkanes of at least 4 members (excludes halogenated alkanes) is 13. The molecule has 8 nitrogen and oxygen atoms in total. The van der Waals surface area contributed by atoms with Crippen LogP contribution < -0.4 is 5.73 Å². The van der Waals surface area contributed by atoms with Crippen LogP contribution >= 0.6 is 7.80 Å². The molecule has 0 aromatic carbocycles. The molecule has 2 rings (SSSR count). The lowest BCUT2D eigenvalue weighted by atomic mass is 10.0. The normalized spacial score (nSPS) is 14.2. The number of anilines is 1. The summed E-state index contributed by atoms with van der Waals surface area (Å²) >= 11 is 0. The first-order chi connectivity index (χ1) is 18.1. The fourth-order valence-electron chi connectivity index (χ4n) is 4.64. The van der Waals surface area contributed by atoms with Crippen LogP contribution in [0.15, 0.2) is 12.7 Å². The lowest BCUT2D eigenvalue weighted by Gasteiger charge is -2.19. The molecular weight excluding hydrogens is 485 g/mol. The predicted octanol–water partition coefficient (Wildman–Crippen LogP) is 7.56. The van der Waals surface area contributed by atoms with E-state index in [0.717, 1.165) is 12.8 Å². The van der Waals surface area contributed by atoms with Crippen LogP contribution in [-0.2, 0) is 20.6 Å². The van der Waals surface area contributed by atoms with E-state index in [9.17, 15) is 4.57 Å². The Balaban J connectivity index is 1.48. The number of nitrogens with two attached hydrogens (primary N) is 1. The van der Waals surface area contributed by atoms with E-state index in [2.05, 4.69) is 21.9 Å². The second kappa shape index (κ2) is 19.6. The van der Waals surface area contributed by atoms with Crippen molar-refractivity contribution in [3.05, 3.63) is 12.7 Å². The highest BCUT2D eigenvalue weighted by molar-refractivity contribution is 7.45. The van der Waals surface area contributed by atoms with E-state index in [-0.39, 0.29) is 18.3 Å². The molecule has 0 saturated carbocycles. The Kier molecular flexibility index (Phi) is 16.8. The summed E-state index contributed by atoms with van der Waals surface area (Å²) in [6, 6.07) is 0. The van der Waals surface area contributed by atoms with Gasteiger partial charge in [0.2, 0.25) is 0 Å². The van der Waals surface area contributed by atoms with Gasteiger partial charge in [-0.1, -0.05) is 97.3 Å². The van der Waals surface area contributed by atoms with Gasteiger partial charge in [0.1, 0.15) is 25.5 Å². The first kappa shape index (κ1) is 31.7. The lowest BCUT2D eigenvalue weighted by Crippen LogP contribution is -2.18. The Labute approximate surface area is 225 Å². The van der Waals surface area contributed by atoms with Crippen molar-refractivity contribution in [1.82, 2.24) is 19.5 Å². The van der Waals surface area contributed by atoms with Gasteiger partial charge in [-0.15, -0.1) is 0 Å². The molecule has 0 fully saturated rings. The summed E-state index contributed by atoms with van der Waals surface area (Å²) in [5, 5.41) is 0. The minimum atomic E-state index is -1.98. The summed E-state index contributed by atoms with van der Waals surface area (Å²) in [5.74, 6) is 0.157. The molecule has 0 amide bonds. The minimum Gasteiger partial charge on any atom is -0.382 e. The largest absolute Gasteiger partial charge is 0.382 e. The molecular formula is C28H52N5O3P. The van der Waals surface area contributed by atoms with E-state index >= 15 is 0 Å².